The highest BCUT2D eigenvalue weighted by atomic mass is 32.1. The van der Waals surface area contributed by atoms with Crippen molar-refractivity contribution in [3.63, 3.8) is 0 Å². The third-order valence-corrected chi connectivity index (χ3v) is 4.48. The maximum Gasteiger partial charge on any atom is 0.272 e. The molecule has 0 bridgehead atoms. The summed E-state index contributed by atoms with van der Waals surface area (Å²) in [5.74, 6) is -4.00. The van der Waals surface area contributed by atoms with Gasteiger partial charge in [0.15, 0.2) is 5.13 Å². The van der Waals surface area contributed by atoms with Crippen LogP contribution in [0.15, 0.2) is 36.7 Å². The van der Waals surface area contributed by atoms with E-state index < -0.39 is 47.7 Å². The van der Waals surface area contributed by atoms with Crippen LogP contribution in [-0.2, 0) is 0 Å². The normalized spacial score (nSPS) is 10.7. The van der Waals surface area contributed by atoms with E-state index in [4.69, 9.17) is 10.5 Å². The lowest BCUT2D eigenvalue weighted by atomic mass is 10.1. The Hall–Kier alpha value is -3.74. The minimum absolute atomic E-state index is 0.0381. The Labute approximate surface area is 176 Å². The molecule has 1 aromatic carbocycles. The number of hydrogen-bond acceptors (Lipinski definition) is 7. The summed E-state index contributed by atoms with van der Waals surface area (Å²) in [7, 11) is 0. The van der Waals surface area contributed by atoms with Crippen molar-refractivity contribution in [2.24, 2.45) is 0 Å². The first-order chi connectivity index (χ1) is 14.7. The molecule has 0 aliphatic heterocycles. The van der Waals surface area contributed by atoms with Gasteiger partial charge >= 0.3 is 0 Å². The first-order valence-electron chi connectivity index (χ1n) is 8.43. The number of ether oxygens (including phenoxy) is 1. The molecule has 0 spiro atoms. The van der Waals surface area contributed by atoms with Crippen molar-refractivity contribution in [1.29, 1.82) is 0 Å². The number of amides is 2. The molecule has 2 heterocycles. The number of alkyl halides is 2. The number of thiazole rings is 1. The summed E-state index contributed by atoms with van der Waals surface area (Å²) in [5.41, 5.74) is 4.43. The Morgan fingerprint density at radius 3 is 2.45 bits per heavy atom. The molecule has 13 heteroatoms. The van der Waals surface area contributed by atoms with Crippen LogP contribution in [0.5, 0.6) is 5.75 Å². The molecule has 0 saturated heterocycles. The van der Waals surface area contributed by atoms with Crippen molar-refractivity contribution in [3.8, 4) is 5.75 Å². The van der Waals surface area contributed by atoms with Crippen molar-refractivity contribution in [2.45, 2.75) is 6.43 Å². The van der Waals surface area contributed by atoms with Gasteiger partial charge in [-0.3, -0.25) is 9.59 Å². The zero-order valence-electron chi connectivity index (χ0n) is 15.4. The lowest BCUT2D eigenvalue weighted by molar-refractivity contribution is 0.0817. The lowest BCUT2D eigenvalue weighted by Crippen LogP contribution is -2.17. The van der Waals surface area contributed by atoms with Crippen LogP contribution in [0.3, 0.4) is 0 Å². The monoisotopic (exact) mass is 455 g/mol. The standard InChI is InChI=1S/C18H13F4N5O3S/c19-10-4-11(20)12(26-17(29)13-6-25-18(23)31-13)3-9(10)16(28)27-15-2-1-8(5-24-15)30-7-14(21)22/h1-6,14H,7H2,(H2,23,25)(H,26,29)(H,24,27,28). The summed E-state index contributed by atoms with van der Waals surface area (Å²) < 4.78 is 57.2. The van der Waals surface area contributed by atoms with E-state index in [0.29, 0.717) is 6.07 Å². The fourth-order valence-electron chi connectivity index (χ4n) is 2.28. The predicted octanol–water partition coefficient (Wildman–Crippen LogP) is 3.55. The molecule has 0 atom stereocenters. The number of nitrogens with two attached hydrogens (primary N) is 1. The highest BCUT2D eigenvalue weighted by molar-refractivity contribution is 7.17. The largest absolute Gasteiger partial charge is 0.486 e. The number of rotatable bonds is 7. The number of aromatic nitrogens is 2. The quantitative estimate of drug-likeness (QED) is 0.469. The van der Waals surface area contributed by atoms with Crippen LogP contribution in [0.2, 0.25) is 0 Å². The summed E-state index contributed by atoms with van der Waals surface area (Å²) in [6, 6.07) is 3.79. The summed E-state index contributed by atoms with van der Waals surface area (Å²) in [6.45, 7) is -0.823. The summed E-state index contributed by atoms with van der Waals surface area (Å²) in [4.78, 5) is 32.1. The number of pyridine rings is 1. The Bertz CT molecular complexity index is 1110. The highest BCUT2D eigenvalue weighted by Crippen LogP contribution is 2.23. The Morgan fingerprint density at radius 1 is 1.06 bits per heavy atom. The van der Waals surface area contributed by atoms with E-state index in [1.165, 1.54) is 18.3 Å². The van der Waals surface area contributed by atoms with E-state index in [9.17, 15) is 27.2 Å². The minimum atomic E-state index is -2.66. The van der Waals surface area contributed by atoms with E-state index >= 15 is 0 Å². The van der Waals surface area contributed by atoms with E-state index in [-0.39, 0.29) is 21.6 Å². The number of carbonyl (C=O) groups excluding carboxylic acids is 2. The number of nitrogen functional groups attached to an aromatic ring is 1. The van der Waals surface area contributed by atoms with Gasteiger partial charge in [0.1, 0.15) is 34.7 Å². The second kappa shape index (κ2) is 9.38. The van der Waals surface area contributed by atoms with Gasteiger partial charge in [-0.2, -0.15) is 0 Å². The van der Waals surface area contributed by atoms with Crippen LogP contribution in [-0.4, -0.2) is 34.8 Å². The van der Waals surface area contributed by atoms with Crippen molar-refractivity contribution in [1.82, 2.24) is 9.97 Å². The Kier molecular flexibility index (Phi) is 6.65. The van der Waals surface area contributed by atoms with E-state index in [2.05, 4.69) is 20.6 Å². The second-order valence-electron chi connectivity index (χ2n) is 5.86. The number of nitrogens with one attached hydrogen (secondary N) is 2. The van der Waals surface area contributed by atoms with Gasteiger partial charge in [-0.1, -0.05) is 11.3 Å². The first-order valence-corrected chi connectivity index (χ1v) is 9.24. The molecule has 31 heavy (non-hydrogen) atoms. The Morgan fingerprint density at radius 2 is 1.84 bits per heavy atom. The van der Waals surface area contributed by atoms with Crippen LogP contribution >= 0.6 is 11.3 Å². The molecule has 0 radical (unpaired) electrons. The van der Waals surface area contributed by atoms with Gasteiger partial charge in [-0.25, -0.2) is 27.5 Å². The average Bonchev–Trinajstić information content (AvgIpc) is 3.15. The van der Waals surface area contributed by atoms with Gasteiger partial charge in [0.05, 0.1) is 23.6 Å². The molecule has 0 unspecified atom stereocenters. The first kappa shape index (κ1) is 22.0. The van der Waals surface area contributed by atoms with Crippen LogP contribution in [0.1, 0.15) is 20.0 Å². The molecule has 2 amide bonds. The van der Waals surface area contributed by atoms with Crippen molar-refractivity contribution in [2.75, 3.05) is 23.0 Å². The van der Waals surface area contributed by atoms with Crippen molar-refractivity contribution in [3.05, 3.63) is 58.7 Å². The van der Waals surface area contributed by atoms with Gasteiger partial charge in [-0.05, 0) is 18.2 Å². The maximum absolute atomic E-state index is 14.1. The number of hydrogen-bond donors (Lipinski definition) is 3. The van der Waals surface area contributed by atoms with Crippen molar-refractivity contribution >= 4 is 39.8 Å². The molecule has 162 valence electrons. The summed E-state index contributed by atoms with van der Waals surface area (Å²) >= 11 is 0.861. The van der Waals surface area contributed by atoms with Crippen molar-refractivity contribution < 1.29 is 31.9 Å². The van der Waals surface area contributed by atoms with Gasteiger partial charge in [0.2, 0.25) is 0 Å². The molecule has 0 aliphatic rings. The second-order valence-corrected chi connectivity index (χ2v) is 6.93. The average molecular weight is 455 g/mol. The molecule has 2 aromatic heterocycles. The molecule has 3 aromatic rings. The summed E-state index contributed by atoms with van der Waals surface area (Å²) in [6.07, 6.45) is -0.389. The third-order valence-electron chi connectivity index (χ3n) is 3.65. The number of halogens is 4. The lowest BCUT2D eigenvalue weighted by Gasteiger charge is -2.10. The van der Waals surface area contributed by atoms with Gasteiger partial charge in [0.25, 0.3) is 18.2 Å². The van der Waals surface area contributed by atoms with Gasteiger partial charge in [0, 0.05) is 6.07 Å². The molecular weight excluding hydrogens is 442 g/mol. The number of benzene rings is 1. The topological polar surface area (TPSA) is 119 Å². The number of nitrogens with zero attached hydrogens (tertiary/aromatic N) is 2. The zero-order valence-corrected chi connectivity index (χ0v) is 16.2. The number of anilines is 3. The third kappa shape index (κ3) is 5.66. The van der Waals surface area contributed by atoms with Crippen LogP contribution in [0, 0.1) is 11.6 Å². The van der Waals surface area contributed by atoms with Crippen LogP contribution < -0.4 is 21.1 Å². The SMILES string of the molecule is Nc1ncc(C(=O)Nc2cc(C(=O)Nc3ccc(OCC(F)F)cn3)c(F)cc2F)s1. The fourth-order valence-corrected chi connectivity index (χ4v) is 2.86. The zero-order chi connectivity index (χ0) is 22.5. The van der Waals surface area contributed by atoms with Crippen LogP contribution in [0.25, 0.3) is 0 Å². The maximum atomic E-state index is 14.1. The molecule has 0 saturated carbocycles. The molecule has 8 nitrogen and oxygen atoms in total. The highest BCUT2D eigenvalue weighted by Gasteiger charge is 2.19. The van der Waals surface area contributed by atoms with E-state index in [0.717, 1.165) is 23.6 Å². The summed E-state index contributed by atoms with van der Waals surface area (Å²) in [5, 5.41) is 4.62. The van der Waals surface area contributed by atoms with Crippen LogP contribution in [0.4, 0.5) is 34.2 Å². The number of carbonyl (C=O) groups is 2. The molecule has 3 rings (SSSR count). The van der Waals surface area contributed by atoms with E-state index in [1.807, 2.05) is 0 Å². The molecule has 4 N–H and O–H groups in total. The smallest absolute Gasteiger partial charge is 0.272 e. The molecule has 0 fully saturated rings. The predicted molar refractivity (Wildman–Crippen MR) is 105 cm³/mol. The fraction of sp³-hybridized carbons (Fsp3) is 0.111. The molecule has 0 aliphatic carbocycles. The van der Waals surface area contributed by atoms with Gasteiger partial charge in [-0.15, -0.1) is 0 Å². The minimum Gasteiger partial charge on any atom is -0.486 e. The Balaban J connectivity index is 1.73. The van der Waals surface area contributed by atoms with Gasteiger partial charge < -0.3 is 21.1 Å². The van der Waals surface area contributed by atoms with E-state index in [1.54, 1.807) is 0 Å². The molecular formula is C18H13F4N5O3S.